The molecule has 2 aromatic rings. The van der Waals surface area contributed by atoms with Gasteiger partial charge in [-0.2, -0.15) is 0 Å². The predicted molar refractivity (Wildman–Crippen MR) is 76.1 cm³/mol. The van der Waals surface area contributed by atoms with Gasteiger partial charge in [-0.05, 0) is 53.8 Å². The summed E-state index contributed by atoms with van der Waals surface area (Å²) in [5.41, 5.74) is 1.64. The zero-order chi connectivity index (χ0) is 13.0. The summed E-state index contributed by atoms with van der Waals surface area (Å²) in [6.07, 6.45) is 0.231. The molecule has 0 saturated heterocycles. The summed E-state index contributed by atoms with van der Waals surface area (Å²) in [6.45, 7) is 1.89. The molecule has 1 N–H and O–H groups in total. The van der Waals surface area contributed by atoms with Gasteiger partial charge in [0.2, 0.25) is 5.91 Å². The first kappa shape index (κ1) is 12.9. The van der Waals surface area contributed by atoms with Crippen LogP contribution in [0, 0.1) is 10.6 Å². The molecule has 0 atom stereocenters. The third kappa shape index (κ3) is 3.73. The van der Waals surface area contributed by atoms with Gasteiger partial charge < -0.3 is 5.32 Å². The van der Waals surface area contributed by atoms with Gasteiger partial charge in [0.05, 0.1) is 6.42 Å². The van der Waals surface area contributed by atoms with E-state index in [-0.39, 0.29) is 12.3 Å². The molecule has 5 nitrogen and oxygen atoms in total. The zero-order valence-electron chi connectivity index (χ0n) is 9.72. The van der Waals surface area contributed by atoms with E-state index < -0.39 is 0 Å². The topological polar surface area (TPSA) is 67.8 Å². The molecule has 0 aliphatic carbocycles. The van der Waals surface area contributed by atoms with E-state index in [1.54, 1.807) is 12.1 Å². The number of amides is 1. The van der Waals surface area contributed by atoms with E-state index in [0.29, 0.717) is 5.82 Å². The van der Waals surface area contributed by atoms with Crippen molar-refractivity contribution in [1.82, 2.24) is 15.2 Å². The van der Waals surface area contributed by atoms with Crippen LogP contribution in [0.2, 0.25) is 0 Å². The lowest BCUT2D eigenvalue weighted by Gasteiger charge is -2.04. The Morgan fingerprint density at radius 2 is 2.11 bits per heavy atom. The molecule has 0 bridgehead atoms. The van der Waals surface area contributed by atoms with Gasteiger partial charge in [0.15, 0.2) is 5.82 Å². The van der Waals surface area contributed by atoms with Gasteiger partial charge in [0.25, 0.3) is 0 Å². The monoisotopic (exact) mass is 354 g/mol. The lowest BCUT2D eigenvalue weighted by Crippen LogP contribution is -2.16. The smallest absolute Gasteiger partial charge is 0.231 e. The van der Waals surface area contributed by atoms with E-state index in [9.17, 15) is 4.79 Å². The zero-order valence-corrected chi connectivity index (χ0v) is 11.9. The molecule has 0 aliphatic rings. The van der Waals surface area contributed by atoms with Crippen molar-refractivity contribution in [2.75, 3.05) is 5.32 Å². The molecule has 0 saturated carbocycles. The fourth-order valence-electron chi connectivity index (χ4n) is 1.43. The Kier molecular flexibility index (Phi) is 4.19. The van der Waals surface area contributed by atoms with E-state index in [4.69, 9.17) is 0 Å². The first-order valence-corrected chi connectivity index (χ1v) is 6.43. The van der Waals surface area contributed by atoms with Crippen LogP contribution >= 0.6 is 22.6 Å². The number of aromatic nitrogens is 3. The third-order valence-electron chi connectivity index (χ3n) is 2.19. The minimum Gasteiger partial charge on any atom is -0.309 e. The van der Waals surface area contributed by atoms with Crippen molar-refractivity contribution in [3.8, 4) is 0 Å². The highest BCUT2D eigenvalue weighted by molar-refractivity contribution is 14.1. The minimum atomic E-state index is -0.149. The van der Waals surface area contributed by atoms with Crippen molar-refractivity contribution in [2.24, 2.45) is 0 Å². The summed E-state index contributed by atoms with van der Waals surface area (Å²) >= 11 is 2.06. The van der Waals surface area contributed by atoms with E-state index in [0.717, 1.165) is 15.1 Å². The Bertz CT molecular complexity index is 556. The van der Waals surface area contributed by atoms with Crippen LogP contribution in [0.5, 0.6) is 0 Å². The summed E-state index contributed by atoms with van der Waals surface area (Å²) in [7, 11) is 0. The Hall–Kier alpha value is -1.57. The van der Waals surface area contributed by atoms with Crippen LogP contribution in [0.3, 0.4) is 0 Å². The van der Waals surface area contributed by atoms with E-state index in [2.05, 4.69) is 43.1 Å². The quantitative estimate of drug-likeness (QED) is 0.856. The molecule has 0 fully saturated rings. The number of nitrogens with zero attached hydrogens (tertiary/aromatic N) is 3. The van der Waals surface area contributed by atoms with Crippen molar-refractivity contribution >= 4 is 34.3 Å². The predicted octanol–water partition coefficient (Wildman–Crippen LogP) is 1.97. The highest BCUT2D eigenvalue weighted by Crippen LogP contribution is 2.05. The number of nitrogens with one attached hydrogen (secondary N) is 1. The van der Waals surface area contributed by atoms with Crippen LogP contribution in [-0.4, -0.2) is 21.1 Å². The number of halogens is 1. The summed E-state index contributed by atoms with van der Waals surface area (Å²) in [6, 6.07) is 9.11. The van der Waals surface area contributed by atoms with Crippen LogP contribution in [0.4, 0.5) is 5.82 Å². The second-order valence-electron chi connectivity index (χ2n) is 3.74. The van der Waals surface area contributed by atoms with Crippen molar-refractivity contribution in [3.05, 3.63) is 45.4 Å². The fourth-order valence-corrected chi connectivity index (χ4v) is 1.72. The van der Waals surface area contributed by atoms with Gasteiger partial charge in [-0.15, -0.1) is 10.2 Å². The first-order chi connectivity index (χ1) is 8.63. The molecule has 2 aromatic heterocycles. The molecule has 0 radical (unpaired) electrons. The van der Waals surface area contributed by atoms with Crippen LogP contribution < -0.4 is 5.32 Å². The average molecular weight is 354 g/mol. The number of rotatable bonds is 3. The SMILES string of the molecule is Cc1cccc(CC(=O)Nc2ccc(I)nn2)n1. The molecule has 18 heavy (non-hydrogen) atoms. The molecule has 92 valence electrons. The second-order valence-corrected chi connectivity index (χ2v) is 4.84. The number of hydrogen-bond donors (Lipinski definition) is 1. The molecule has 0 aromatic carbocycles. The molecule has 2 rings (SSSR count). The van der Waals surface area contributed by atoms with Crippen LogP contribution in [0.1, 0.15) is 11.4 Å². The standard InChI is InChI=1S/C12H11IN4O/c1-8-3-2-4-9(14-8)7-12(18)15-11-6-5-10(13)16-17-11/h2-6H,7H2,1H3,(H,15,17,18). The van der Waals surface area contributed by atoms with E-state index >= 15 is 0 Å². The lowest BCUT2D eigenvalue weighted by molar-refractivity contribution is -0.115. The van der Waals surface area contributed by atoms with Crippen molar-refractivity contribution in [1.29, 1.82) is 0 Å². The molecular weight excluding hydrogens is 343 g/mol. The normalized spacial score (nSPS) is 10.1. The highest BCUT2D eigenvalue weighted by Gasteiger charge is 2.06. The Morgan fingerprint density at radius 3 is 2.78 bits per heavy atom. The van der Waals surface area contributed by atoms with Crippen molar-refractivity contribution < 1.29 is 4.79 Å². The molecule has 0 aliphatic heterocycles. The summed E-state index contributed by atoms with van der Waals surface area (Å²) < 4.78 is 0.783. The van der Waals surface area contributed by atoms with Gasteiger partial charge in [-0.1, -0.05) is 6.07 Å². The average Bonchev–Trinajstić information content (AvgIpc) is 2.32. The molecule has 6 heteroatoms. The Morgan fingerprint density at radius 1 is 1.28 bits per heavy atom. The number of pyridine rings is 1. The fraction of sp³-hybridized carbons (Fsp3) is 0.167. The molecule has 0 spiro atoms. The Balaban J connectivity index is 1.98. The number of carbonyl (C=O) groups is 1. The van der Waals surface area contributed by atoms with Gasteiger partial charge in [0.1, 0.15) is 3.70 Å². The van der Waals surface area contributed by atoms with Gasteiger partial charge in [-0.3, -0.25) is 9.78 Å². The molecular formula is C12H11IN4O. The summed E-state index contributed by atoms with van der Waals surface area (Å²) in [5, 5.41) is 10.4. The maximum absolute atomic E-state index is 11.8. The molecule has 0 unspecified atom stereocenters. The first-order valence-electron chi connectivity index (χ1n) is 5.35. The molecule has 1 amide bonds. The number of anilines is 1. The van der Waals surface area contributed by atoms with Gasteiger partial charge >= 0.3 is 0 Å². The van der Waals surface area contributed by atoms with Gasteiger partial charge in [-0.25, -0.2) is 0 Å². The highest BCUT2D eigenvalue weighted by atomic mass is 127. The number of carbonyl (C=O) groups excluding carboxylic acids is 1. The van der Waals surface area contributed by atoms with Crippen LogP contribution in [0.25, 0.3) is 0 Å². The molecule has 2 heterocycles. The van der Waals surface area contributed by atoms with E-state index in [1.807, 2.05) is 25.1 Å². The Labute approximate surface area is 118 Å². The second kappa shape index (κ2) is 5.85. The maximum Gasteiger partial charge on any atom is 0.231 e. The number of hydrogen-bond acceptors (Lipinski definition) is 4. The largest absolute Gasteiger partial charge is 0.309 e. The summed E-state index contributed by atoms with van der Waals surface area (Å²) in [4.78, 5) is 16.0. The maximum atomic E-state index is 11.8. The van der Waals surface area contributed by atoms with Crippen LogP contribution in [-0.2, 0) is 11.2 Å². The lowest BCUT2D eigenvalue weighted by atomic mass is 10.2. The third-order valence-corrected chi connectivity index (χ3v) is 2.76. The summed E-state index contributed by atoms with van der Waals surface area (Å²) in [5.74, 6) is 0.302. The van der Waals surface area contributed by atoms with Crippen molar-refractivity contribution in [2.45, 2.75) is 13.3 Å². The van der Waals surface area contributed by atoms with Crippen molar-refractivity contribution in [3.63, 3.8) is 0 Å². The van der Waals surface area contributed by atoms with E-state index in [1.165, 1.54) is 0 Å². The minimum absolute atomic E-state index is 0.149. The van der Waals surface area contributed by atoms with Gasteiger partial charge in [0, 0.05) is 11.4 Å². The number of aryl methyl sites for hydroxylation is 1. The van der Waals surface area contributed by atoms with Crippen LogP contribution in [0.15, 0.2) is 30.3 Å².